The summed E-state index contributed by atoms with van der Waals surface area (Å²) >= 11 is 5.95. The standard InChI is InChI=1S/C28H34ClN5O4/c1-32-17-21(14-26(35)30-16-20-2-4-22(29)5-3-20)28(36)24-15-23(18-33-6-10-37-11-7-33)31-25(27(24)32)19-34-8-12-38-13-9-34/h2-5,15,17H,6-14,16,18-19H2,1H3,(H,30,35). The van der Waals surface area contributed by atoms with Gasteiger partial charge in [0.2, 0.25) is 5.91 Å². The smallest absolute Gasteiger partial charge is 0.224 e. The SMILES string of the molecule is Cn1cc(CC(=O)NCc2ccc(Cl)cc2)c(=O)c2cc(CN3CCOCC3)nc(CN3CCOCC3)c21. The number of aromatic nitrogens is 2. The summed E-state index contributed by atoms with van der Waals surface area (Å²) in [6.07, 6.45) is 1.79. The van der Waals surface area contributed by atoms with Crippen molar-refractivity contribution in [1.29, 1.82) is 0 Å². The number of pyridine rings is 2. The van der Waals surface area contributed by atoms with E-state index in [1.807, 2.05) is 29.8 Å². The maximum Gasteiger partial charge on any atom is 0.224 e. The molecule has 0 atom stereocenters. The molecule has 38 heavy (non-hydrogen) atoms. The molecule has 4 heterocycles. The van der Waals surface area contributed by atoms with Gasteiger partial charge in [0.1, 0.15) is 0 Å². The topological polar surface area (TPSA) is 88.9 Å². The van der Waals surface area contributed by atoms with Gasteiger partial charge in [-0.25, -0.2) is 0 Å². The highest BCUT2D eigenvalue weighted by Crippen LogP contribution is 2.20. The summed E-state index contributed by atoms with van der Waals surface area (Å²) < 4.78 is 13.0. The van der Waals surface area contributed by atoms with Crippen LogP contribution in [-0.2, 0) is 47.4 Å². The fourth-order valence-electron chi connectivity index (χ4n) is 5.06. The van der Waals surface area contributed by atoms with Crippen molar-refractivity contribution in [2.45, 2.75) is 26.1 Å². The normalized spacial score (nSPS) is 17.1. The van der Waals surface area contributed by atoms with Crippen molar-refractivity contribution in [2.75, 3.05) is 52.6 Å². The molecule has 2 aliphatic heterocycles. The maximum absolute atomic E-state index is 13.7. The van der Waals surface area contributed by atoms with E-state index in [4.69, 9.17) is 26.1 Å². The summed E-state index contributed by atoms with van der Waals surface area (Å²) in [6, 6.07) is 9.23. The summed E-state index contributed by atoms with van der Waals surface area (Å²) in [5.41, 5.74) is 3.86. The van der Waals surface area contributed by atoms with E-state index < -0.39 is 0 Å². The molecule has 0 bridgehead atoms. The number of carbonyl (C=O) groups excluding carboxylic acids is 1. The number of amides is 1. The zero-order valence-electron chi connectivity index (χ0n) is 21.7. The Bertz CT molecular complexity index is 1330. The van der Waals surface area contributed by atoms with Crippen molar-refractivity contribution < 1.29 is 14.3 Å². The molecule has 0 spiro atoms. The third-order valence-electron chi connectivity index (χ3n) is 7.08. The second kappa shape index (κ2) is 12.4. The Kier molecular flexibility index (Phi) is 8.71. The quantitative estimate of drug-likeness (QED) is 0.469. The Hall–Kier alpha value is -2.82. The molecule has 5 rings (SSSR count). The van der Waals surface area contributed by atoms with Crippen molar-refractivity contribution in [3.05, 3.63) is 74.3 Å². The number of carbonyl (C=O) groups is 1. The Morgan fingerprint density at radius 1 is 1.00 bits per heavy atom. The molecule has 2 aliphatic rings. The van der Waals surface area contributed by atoms with E-state index >= 15 is 0 Å². The van der Waals surface area contributed by atoms with E-state index in [1.54, 1.807) is 18.3 Å². The van der Waals surface area contributed by atoms with Gasteiger partial charge < -0.3 is 19.4 Å². The van der Waals surface area contributed by atoms with Crippen LogP contribution in [0.3, 0.4) is 0 Å². The maximum atomic E-state index is 13.7. The molecule has 0 saturated carbocycles. The number of halogens is 1. The molecule has 0 radical (unpaired) electrons. The van der Waals surface area contributed by atoms with Crippen LogP contribution in [0.4, 0.5) is 0 Å². The van der Waals surface area contributed by atoms with Crippen molar-refractivity contribution >= 4 is 28.4 Å². The highest BCUT2D eigenvalue weighted by atomic mass is 35.5. The number of hydrogen-bond donors (Lipinski definition) is 1. The average Bonchev–Trinajstić information content (AvgIpc) is 2.92. The molecular weight excluding hydrogens is 506 g/mol. The first-order valence-corrected chi connectivity index (χ1v) is 13.5. The number of nitrogens with one attached hydrogen (secondary N) is 1. The third kappa shape index (κ3) is 6.59. The van der Waals surface area contributed by atoms with E-state index in [0.29, 0.717) is 62.0 Å². The number of fused-ring (bicyclic) bond motifs is 1. The summed E-state index contributed by atoms with van der Waals surface area (Å²) in [5, 5.41) is 4.17. The summed E-state index contributed by atoms with van der Waals surface area (Å²) in [4.78, 5) is 36.1. The second-order valence-corrected chi connectivity index (χ2v) is 10.3. The van der Waals surface area contributed by atoms with Crippen LogP contribution in [0.5, 0.6) is 0 Å². The van der Waals surface area contributed by atoms with Crippen molar-refractivity contribution in [1.82, 2.24) is 24.7 Å². The number of nitrogens with zero attached hydrogens (tertiary/aromatic N) is 4. The number of hydrogen-bond acceptors (Lipinski definition) is 7. The van der Waals surface area contributed by atoms with Crippen molar-refractivity contribution in [3.63, 3.8) is 0 Å². The Morgan fingerprint density at radius 2 is 1.63 bits per heavy atom. The minimum Gasteiger partial charge on any atom is -0.379 e. The monoisotopic (exact) mass is 539 g/mol. The van der Waals surface area contributed by atoms with E-state index in [9.17, 15) is 9.59 Å². The van der Waals surface area contributed by atoms with Gasteiger partial charge in [-0.1, -0.05) is 23.7 Å². The number of ether oxygens (including phenoxy) is 2. The lowest BCUT2D eigenvalue weighted by Gasteiger charge is -2.28. The summed E-state index contributed by atoms with van der Waals surface area (Å²) in [6.45, 7) is 7.80. The van der Waals surface area contributed by atoms with Crippen LogP contribution in [0.25, 0.3) is 10.9 Å². The molecule has 1 amide bonds. The first-order valence-electron chi connectivity index (χ1n) is 13.1. The van der Waals surface area contributed by atoms with Gasteiger partial charge >= 0.3 is 0 Å². The van der Waals surface area contributed by atoms with Gasteiger partial charge in [0.25, 0.3) is 0 Å². The van der Waals surface area contributed by atoms with Crippen LogP contribution in [-0.4, -0.2) is 77.9 Å². The molecule has 2 aromatic heterocycles. The van der Waals surface area contributed by atoms with Gasteiger partial charge in [0.05, 0.1) is 49.8 Å². The number of aryl methyl sites for hydroxylation is 1. The van der Waals surface area contributed by atoms with Gasteiger partial charge in [-0.2, -0.15) is 0 Å². The molecule has 9 nitrogen and oxygen atoms in total. The van der Waals surface area contributed by atoms with Gasteiger partial charge in [-0.05, 0) is 23.8 Å². The van der Waals surface area contributed by atoms with Crippen molar-refractivity contribution in [2.24, 2.45) is 7.05 Å². The predicted octanol–water partition coefficient (Wildman–Crippen LogP) is 2.11. The zero-order valence-corrected chi connectivity index (χ0v) is 22.5. The number of benzene rings is 1. The van der Waals surface area contributed by atoms with E-state index in [-0.39, 0.29) is 17.8 Å². The van der Waals surface area contributed by atoms with Gasteiger partial charge in [-0.15, -0.1) is 0 Å². The van der Waals surface area contributed by atoms with Crippen LogP contribution in [0.15, 0.2) is 41.3 Å². The summed E-state index contributed by atoms with van der Waals surface area (Å²) in [5.74, 6) is -0.201. The van der Waals surface area contributed by atoms with Crippen LogP contribution < -0.4 is 10.7 Å². The lowest BCUT2D eigenvalue weighted by atomic mass is 10.1. The minimum atomic E-state index is -0.201. The molecular formula is C28H34ClN5O4. The number of rotatable bonds is 8. The van der Waals surface area contributed by atoms with Crippen LogP contribution in [0.2, 0.25) is 5.02 Å². The first kappa shape index (κ1) is 26.8. The highest BCUT2D eigenvalue weighted by Gasteiger charge is 2.20. The molecule has 3 aromatic rings. The van der Waals surface area contributed by atoms with Gasteiger partial charge in [0.15, 0.2) is 5.43 Å². The average molecular weight is 540 g/mol. The fourth-order valence-corrected chi connectivity index (χ4v) is 5.19. The minimum absolute atomic E-state index is 0.0100. The van der Waals surface area contributed by atoms with Crippen LogP contribution >= 0.6 is 11.6 Å². The lowest BCUT2D eigenvalue weighted by molar-refractivity contribution is -0.120. The molecule has 10 heteroatoms. The molecule has 1 aromatic carbocycles. The molecule has 2 saturated heterocycles. The first-order chi connectivity index (χ1) is 18.5. The molecule has 0 unspecified atom stereocenters. The Labute approximate surface area is 227 Å². The zero-order chi connectivity index (χ0) is 26.5. The highest BCUT2D eigenvalue weighted by molar-refractivity contribution is 6.30. The van der Waals surface area contributed by atoms with E-state index in [1.165, 1.54) is 0 Å². The van der Waals surface area contributed by atoms with Crippen molar-refractivity contribution in [3.8, 4) is 0 Å². The molecule has 202 valence electrons. The van der Waals surface area contributed by atoms with Crippen LogP contribution in [0, 0.1) is 0 Å². The third-order valence-corrected chi connectivity index (χ3v) is 7.33. The second-order valence-electron chi connectivity index (χ2n) is 9.91. The molecule has 1 N–H and O–H groups in total. The Morgan fingerprint density at radius 3 is 2.29 bits per heavy atom. The Balaban J connectivity index is 1.42. The number of morpholine rings is 2. The lowest BCUT2D eigenvalue weighted by Crippen LogP contribution is -2.37. The largest absolute Gasteiger partial charge is 0.379 e. The van der Waals surface area contributed by atoms with E-state index in [2.05, 4.69) is 15.1 Å². The molecule has 2 fully saturated rings. The predicted molar refractivity (Wildman–Crippen MR) is 146 cm³/mol. The molecule has 0 aliphatic carbocycles. The van der Waals surface area contributed by atoms with Crippen LogP contribution in [0.1, 0.15) is 22.5 Å². The van der Waals surface area contributed by atoms with Gasteiger partial charge in [0, 0.05) is 75.0 Å². The fraction of sp³-hybridized carbons (Fsp3) is 0.464. The van der Waals surface area contributed by atoms with Gasteiger partial charge in [-0.3, -0.25) is 24.4 Å². The summed E-state index contributed by atoms with van der Waals surface area (Å²) in [7, 11) is 1.92. The van der Waals surface area contributed by atoms with E-state index in [0.717, 1.165) is 48.6 Å².